The molecule has 0 atom stereocenters. The molecule has 124 valence electrons. The number of hydrogen-bond acceptors (Lipinski definition) is 4. The van der Waals surface area contributed by atoms with E-state index >= 15 is 0 Å². The van der Waals surface area contributed by atoms with E-state index in [-0.39, 0.29) is 17.9 Å². The Morgan fingerprint density at radius 1 is 1.33 bits per heavy atom. The normalized spacial score (nSPS) is 10.9. The number of aromatic amines is 1. The van der Waals surface area contributed by atoms with Crippen LogP contribution < -0.4 is 10.7 Å². The number of ether oxygens (including phenoxy) is 1. The molecule has 3 rings (SSSR count). The maximum Gasteiger partial charge on any atom is 0.240 e. The molecular weight excluding hydrogens is 308 g/mol. The molecule has 0 saturated heterocycles. The summed E-state index contributed by atoms with van der Waals surface area (Å²) in [7, 11) is 1.60. The highest BCUT2D eigenvalue weighted by Gasteiger charge is 2.07. The van der Waals surface area contributed by atoms with Gasteiger partial charge in [0.1, 0.15) is 6.54 Å². The molecular formula is C17H18N4O3. The third kappa shape index (κ3) is 3.52. The molecule has 2 aromatic heterocycles. The first-order valence-corrected chi connectivity index (χ1v) is 7.54. The maximum atomic E-state index is 12.2. The molecule has 7 heteroatoms. The average molecular weight is 326 g/mol. The van der Waals surface area contributed by atoms with E-state index in [0.717, 1.165) is 16.9 Å². The molecule has 0 spiro atoms. The van der Waals surface area contributed by atoms with Crippen LogP contribution >= 0.6 is 0 Å². The van der Waals surface area contributed by atoms with E-state index in [2.05, 4.69) is 15.5 Å². The van der Waals surface area contributed by atoms with Gasteiger partial charge >= 0.3 is 0 Å². The van der Waals surface area contributed by atoms with Crippen molar-refractivity contribution in [2.24, 2.45) is 0 Å². The number of amides is 1. The molecule has 0 radical (unpaired) electrons. The predicted molar refractivity (Wildman–Crippen MR) is 89.4 cm³/mol. The number of benzene rings is 1. The molecule has 0 aliphatic rings. The quantitative estimate of drug-likeness (QED) is 0.712. The topological polar surface area (TPSA) is 89.0 Å². The largest absolute Gasteiger partial charge is 0.378 e. The predicted octanol–water partition coefficient (Wildman–Crippen LogP) is 1.19. The highest BCUT2D eigenvalue weighted by Crippen LogP contribution is 2.09. The number of methoxy groups -OCH3 is 1. The van der Waals surface area contributed by atoms with Crippen LogP contribution in [0.3, 0.4) is 0 Å². The monoisotopic (exact) mass is 326 g/mol. The minimum atomic E-state index is -0.147. The summed E-state index contributed by atoms with van der Waals surface area (Å²) < 4.78 is 6.76. The fraction of sp³-hybridized carbons (Fsp3) is 0.235. The van der Waals surface area contributed by atoms with E-state index in [4.69, 9.17) is 4.74 Å². The summed E-state index contributed by atoms with van der Waals surface area (Å²) in [6.45, 7) is 0.918. The van der Waals surface area contributed by atoms with Gasteiger partial charge in [0, 0.05) is 24.8 Å². The van der Waals surface area contributed by atoms with E-state index in [1.165, 1.54) is 6.07 Å². The van der Waals surface area contributed by atoms with E-state index in [1.54, 1.807) is 23.9 Å². The Labute approximate surface area is 138 Å². The number of aromatic nitrogens is 3. The Morgan fingerprint density at radius 3 is 3.00 bits per heavy atom. The third-order valence-electron chi connectivity index (χ3n) is 3.65. The Hall–Kier alpha value is -2.93. The molecule has 3 aromatic rings. The first kappa shape index (κ1) is 15.9. The standard InChI is InChI=1S/C17H18N4O3/c1-24-11-13-8-12(19-20-13)9-18-17(23)10-21-7-6-16(22)14-4-2-3-5-15(14)21/h2-8H,9-11H2,1H3,(H,18,23)(H,19,20). The molecule has 2 N–H and O–H groups in total. The minimum absolute atomic E-state index is 0.0506. The molecule has 0 saturated carbocycles. The zero-order chi connectivity index (χ0) is 16.9. The highest BCUT2D eigenvalue weighted by atomic mass is 16.5. The molecule has 0 fully saturated rings. The number of carbonyl (C=O) groups excluding carboxylic acids is 1. The molecule has 0 aliphatic carbocycles. The van der Waals surface area contributed by atoms with Crippen molar-refractivity contribution in [2.45, 2.75) is 19.7 Å². The Bertz CT molecular complexity index is 913. The second kappa shape index (κ2) is 7.10. The van der Waals surface area contributed by atoms with E-state index < -0.39 is 0 Å². The van der Waals surface area contributed by atoms with Crippen LogP contribution in [-0.2, 0) is 29.2 Å². The van der Waals surface area contributed by atoms with Crippen molar-refractivity contribution >= 4 is 16.8 Å². The summed E-state index contributed by atoms with van der Waals surface area (Å²) in [5, 5.41) is 10.4. The molecule has 1 aromatic carbocycles. The zero-order valence-electron chi connectivity index (χ0n) is 13.3. The second-order valence-corrected chi connectivity index (χ2v) is 5.42. The summed E-state index contributed by atoms with van der Waals surface area (Å²) in [5.74, 6) is -0.147. The Morgan fingerprint density at radius 2 is 2.17 bits per heavy atom. The van der Waals surface area contributed by atoms with Crippen molar-refractivity contribution in [3.05, 3.63) is 64.2 Å². The lowest BCUT2D eigenvalue weighted by atomic mass is 10.2. The number of H-pyrrole nitrogens is 1. The van der Waals surface area contributed by atoms with Crippen LogP contribution in [0.2, 0.25) is 0 Å². The van der Waals surface area contributed by atoms with Crippen LogP contribution in [0.15, 0.2) is 47.4 Å². The van der Waals surface area contributed by atoms with Gasteiger partial charge in [-0.3, -0.25) is 14.7 Å². The van der Waals surface area contributed by atoms with Gasteiger partial charge in [0.15, 0.2) is 5.43 Å². The fourth-order valence-corrected chi connectivity index (χ4v) is 2.52. The van der Waals surface area contributed by atoms with Crippen molar-refractivity contribution in [1.82, 2.24) is 20.1 Å². The van der Waals surface area contributed by atoms with Gasteiger partial charge in [-0.2, -0.15) is 5.10 Å². The number of nitrogens with zero attached hydrogens (tertiary/aromatic N) is 2. The molecule has 2 heterocycles. The van der Waals surface area contributed by atoms with Gasteiger partial charge in [0.05, 0.1) is 30.1 Å². The molecule has 24 heavy (non-hydrogen) atoms. The van der Waals surface area contributed by atoms with Crippen LogP contribution in [0.1, 0.15) is 11.4 Å². The van der Waals surface area contributed by atoms with Gasteiger partial charge in [-0.25, -0.2) is 0 Å². The number of para-hydroxylation sites is 1. The summed E-state index contributed by atoms with van der Waals surface area (Å²) >= 11 is 0. The Balaban J connectivity index is 1.67. The number of nitrogens with one attached hydrogen (secondary N) is 2. The molecule has 0 unspecified atom stereocenters. The summed E-state index contributed by atoms with van der Waals surface area (Å²) in [5.41, 5.74) is 2.28. The van der Waals surface area contributed by atoms with Crippen LogP contribution in [0.25, 0.3) is 10.9 Å². The van der Waals surface area contributed by atoms with Crippen molar-refractivity contribution in [2.75, 3.05) is 7.11 Å². The van der Waals surface area contributed by atoms with Gasteiger partial charge < -0.3 is 14.6 Å². The first-order chi connectivity index (χ1) is 11.7. The lowest BCUT2D eigenvalue weighted by Crippen LogP contribution is -2.27. The van der Waals surface area contributed by atoms with E-state index in [9.17, 15) is 9.59 Å². The average Bonchev–Trinajstić information content (AvgIpc) is 3.04. The number of hydrogen-bond donors (Lipinski definition) is 2. The SMILES string of the molecule is COCc1cc(CNC(=O)Cn2ccc(=O)c3ccccc32)[nH]n1. The molecule has 0 aliphatic heterocycles. The minimum Gasteiger partial charge on any atom is -0.378 e. The fourth-order valence-electron chi connectivity index (χ4n) is 2.52. The lowest BCUT2D eigenvalue weighted by molar-refractivity contribution is -0.121. The van der Waals surface area contributed by atoms with Gasteiger partial charge in [-0.05, 0) is 18.2 Å². The first-order valence-electron chi connectivity index (χ1n) is 7.54. The number of carbonyl (C=O) groups is 1. The van der Waals surface area contributed by atoms with Crippen molar-refractivity contribution in [1.29, 1.82) is 0 Å². The van der Waals surface area contributed by atoms with E-state index in [1.807, 2.05) is 24.3 Å². The van der Waals surface area contributed by atoms with Crippen LogP contribution in [0, 0.1) is 0 Å². The summed E-state index contributed by atoms with van der Waals surface area (Å²) in [6, 6.07) is 10.6. The van der Waals surface area contributed by atoms with Crippen LogP contribution in [0.5, 0.6) is 0 Å². The number of fused-ring (bicyclic) bond motifs is 1. The van der Waals surface area contributed by atoms with Crippen molar-refractivity contribution < 1.29 is 9.53 Å². The summed E-state index contributed by atoms with van der Waals surface area (Å²) in [4.78, 5) is 24.0. The highest BCUT2D eigenvalue weighted by molar-refractivity contribution is 5.82. The van der Waals surface area contributed by atoms with Gasteiger partial charge in [-0.1, -0.05) is 12.1 Å². The maximum absolute atomic E-state index is 12.2. The van der Waals surface area contributed by atoms with E-state index in [0.29, 0.717) is 18.5 Å². The van der Waals surface area contributed by atoms with Gasteiger partial charge in [-0.15, -0.1) is 0 Å². The number of rotatable bonds is 6. The molecule has 7 nitrogen and oxygen atoms in total. The van der Waals surface area contributed by atoms with Gasteiger partial charge in [0.25, 0.3) is 0 Å². The number of pyridine rings is 1. The van der Waals surface area contributed by atoms with Crippen LogP contribution in [0.4, 0.5) is 0 Å². The summed E-state index contributed by atoms with van der Waals surface area (Å²) in [6.07, 6.45) is 1.64. The molecule has 0 bridgehead atoms. The Kier molecular flexibility index (Phi) is 4.72. The second-order valence-electron chi connectivity index (χ2n) is 5.42. The lowest BCUT2D eigenvalue weighted by Gasteiger charge is -2.10. The smallest absolute Gasteiger partial charge is 0.240 e. The van der Waals surface area contributed by atoms with Gasteiger partial charge in [0.2, 0.25) is 5.91 Å². The van der Waals surface area contributed by atoms with Crippen molar-refractivity contribution in [3.63, 3.8) is 0 Å². The van der Waals surface area contributed by atoms with Crippen molar-refractivity contribution in [3.8, 4) is 0 Å². The zero-order valence-corrected chi connectivity index (χ0v) is 13.3. The van der Waals surface area contributed by atoms with Crippen LogP contribution in [-0.4, -0.2) is 27.8 Å². The third-order valence-corrected chi connectivity index (χ3v) is 3.65. The molecule has 1 amide bonds.